The molecule has 1 fully saturated rings. The molecule has 1 saturated heterocycles. The molecule has 0 aliphatic carbocycles. The van der Waals surface area contributed by atoms with Crippen LogP contribution >= 0.6 is 0 Å². The number of nitrogens with one attached hydrogen (secondary N) is 2. The Bertz CT molecular complexity index is 560. The molecule has 10 nitrogen and oxygen atoms in total. The van der Waals surface area contributed by atoms with Gasteiger partial charge in [-0.25, -0.2) is 0 Å². The van der Waals surface area contributed by atoms with E-state index in [1.54, 1.807) is 5.32 Å². The smallest absolute Gasteiger partial charge is 0.457 e. The highest BCUT2D eigenvalue weighted by molar-refractivity contribution is 5.81. The number of aliphatic hydroxyl groups is 2. The first-order valence-corrected chi connectivity index (χ1v) is 8.32. The molecule has 1 aliphatic heterocycles. The van der Waals surface area contributed by atoms with Gasteiger partial charge in [-0.05, 0) is 6.42 Å². The lowest BCUT2D eigenvalue weighted by Gasteiger charge is -2.43. The highest BCUT2D eigenvalue weighted by atomic mass is 19.4. The summed E-state index contributed by atoms with van der Waals surface area (Å²) in [6.45, 7) is 1.07. The molecule has 5 atom stereocenters. The van der Waals surface area contributed by atoms with Crippen molar-refractivity contribution in [2.24, 2.45) is 0 Å². The predicted octanol–water partition coefficient (Wildman–Crippen LogP) is -1.41. The second-order valence-electron chi connectivity index (χ2n) is 5.99. The zero-order valence-corrected chi connectivity index (χ0v) is 15.2. The van der Waals surface area contributed by atoms with Crippen LogP contribution in [0.25, 0.3) is 0 Å². The van der Waals surface area contributed by atoms with Gasteiger partial charge in [0.2, 0.25) is 5.91 Å². The van der Waals surface area contributed by atoms with Gasteiger partial charge < -0.3 is 35.1 Å². The van der Waals surface area contributed by atoms with Crippen molar-refractivity contribution in [3.63, 3.8) is 0 Å². The van der Waals surface area contributed by atoms with Crippen LogP contribution in [0.2, 0.25) is 0 Å². The van der Waals surface area contributed by atoms with Crippen molar-refractivity contribution in [3.8, 4) is 0 Å². The third kappa shape index (κ3) is 7.22. The average Bonchev–Trinajstić information content (AvgIpc) is 2.57. The molecule has 2 amide bonds. The maximum Gasteiger partial charge on any atom is 0.471 e. The average molecular weight is 416 g/mol. The van der Waals surface area contributed by atoms with Crippen molar-refractivity contribution in [3.05, 3.63) is 0 Å². The monoisotopic (exact) mass is 416 g/mol. The van der Waals surface area contributed by atoms with E-state index in [-0.39, 0.29) is 19.6 Å². The van der Waals surface area contributed by atoms with Crippen molar-refractivity contribution in [2.45, 2.75) is 57.1 Å². The van der Waals surface area contributed by atoms with E-state index in [2.05, 4.69) is 5.32 Å². The fourth-order valence-corrected chi connectivity index (χ4v) is 2.50. The number of hydrogen-bond donors (Lipinski definition) is 4. The molecule has 0 saturated carbocycles. The number of carbonyl (C=O) groups excluding carboxylic acids is 3. The summed E-state index contributed by atoms with van der Waals surface area (Å²) in [4.78, 5) is 33.5. The first-order chi connectivity index (χ1) is 13.0. The Morgan fingerprint density at radius 2 is 1.86 bits per heavy atom. The van der Waals surface area contributed by atoms with Crippen LogP contribution in [0.15, 0.2) is 0 Å². The van der Waals surface area contributed by atoms with E-state index in [4.69, 9.17) is 14.2 Å². The SMILES string of the molecule is CC(=O)N[C@H]1[C@@H](OCCCNC(=O)C(F)(F)F)O[C@H](CO)[C@H](O)[C@@H]1OC(C)=O. The third-order valence-corrected chi connectivity index (χ3v) is 3.67. The van der Waals surface area contributed by atoms with Crippen LogP contribution in [0.4, 0.5) is 13.2 Å². The maximum atomic E-state index is 12.1. The number of halogens is 3. The molecule has 28 heavy (non-hydrogen) atoms. The summed E-state index contributed by atoms with van der Waals surface area (Å²) in [6.07, 6.45) is -10.2. The number of aliphatic hydroxyl groups excluding tert-OH is 2. The molecular formula is C15H23F3N2O8. The van der Waals surface area contributed by atoms with E-state index in [1.807, 2.05) is 0 Å². The van der Waals surface area contributed by atoms with Crippen LogP contribution in [0.1, 0.15) is 20.3 Å². The van der Waals surface area contributed by atoms with Crippen LogP contribution in [0, 0.1) is 0 Å². The Labute approximate surface area is 158 Å². The van der Waals surface area contributed by atoms with Crippen LogP contribution in [0.3, 0.4) is 0 Å². The maximum absolute atomic E-state index is 12.1. The summed E-state index contributed by atoms with van der Waals surface area (Å²) in [7, 11) is 0. The Balaban J connectivity index is 2.72. The second-order valence-corrected chi connectivity index (χ2v) is 5.99. The van der Waals surface area contributed by atoms with Crippen LogP contribution in [-0.4, -0.2) is 84.6 Å². The number of amides is 2. The summed E-state index contributed by atoms with van der Waals surface area (Å²) in [5.74, 6) is -3.39. The topological polar surface area (TPSA) is 143 Å². The van der Waals surface area contributed by atoms with Gasteiger partial charge in [-0.2, -0.15) is 13.2 Å². The highest BCUT2D eigenvalue weighted by Crippen LogP contribution is 2.25. The van der Waals surface area contributed by atoms with E-state index < -0.39 is 61.2 Å². The van der Waals surface area contributed by atoms with Crippen LogP contribution in [-0.2, 0) is 28.6 Å². The summed E-state index contributed by atoms with van der Waals surface area (Å²) >= 11 is 0. The number of carbonyl (C=O) groups is 3. The molecule has 0 unspecified atom stereocenters. The Morgan fingerprint density at radius 3 is 2.36 bits per heavy atom. The fourth-order valence-electron chi connectivity index (χ4n) is 2.50. The van der Waals surface area contributed by atoms with E-state index in [9.17, 15) is 37.8 Å². The minimum atomic E-state index is -4.99. The largest absolute Gasteiger partial charge is 0.471 e. The Morgan fingerprint density at radius 1 is 1.21 bits per heavy atom. The van der Waals surface area contributed by atoms with Gasteiger partial charge in [-0.1, -0.05) is 0 Å². The van der Waals surface area contributed by atoms with Gasteiger partial charge in [0, 0.05) is 20.4 Å². The van der Waals surface area contributed by atoms with Crippen molar-refractivity contribution in [1.29, 1.82) is 0 Å². The fraction of sp³-hybridized carbons (Fsp3) is 0.800. The van der Waals surface area contributed by atoms with Crippen molar-refractivity contribution < 1.29 is 52.0 Å². The predicted molar refractivity (Wildman–Crippen MR) is 84.5 cm³/mol. The molecule has 0 bridgehead atoms. The quantitative estimate of drug-likeness (QED) is 0.279. The number of esters is 1. The molecule has 1 heterocycles. The molecule has 0 aromatic rings. The van der Waals surface area contributed by atoms with Crippen LogP contribution < -0.4 is 10.6 Å². The van der Waals surface area contributed by atoms with Crippen molar-refractivity contribution in [2.75, 3.05) is 19.8 Å². The lowest BCUT2D eigenvalue weighted by molar-refractivity contribution is -0.273. The highest BCUT2D eigenvalue weighted by Gasteiger charge is 2.48. The minimum absolute atomic E-state index is 0.0287. The lowest BCUT2D eigenvalue weighted by Crippen LogP contribution is -2.65. The summed E-state index contributed by atoms with van der Waals surface area (Å²) in [5, 5.41) is 23.6. The third-order valence-electron chi connectivity index (χ3n) is 3.67. The van der Waals surface area contributed by atoms with E-state index in [1.165, 1.54) is 6.92 Å². The normalized spacial score (nSPS) is 27.8. The Kier molecular flexibility index (Phi) is 9.07. The molecular weight excluding hydrogens is 393 g/mol. The van der Waals surface area contributed by atoms with Crippen molar-refractivity contribution in [1.82, 2.24) is 10.6 Å². The van der Waals surface area contributed by atoms with Gasteiger partial charge in [-0.3, -0.25) is 14.4 Å². The van der Waals surface area contributed by atoms with Crippen LogP contribution in [0.5, 0.6) is 0 Å². The van der Waals surface area contributed by atoms with Gasteiger partial charge >= 0.3 is 18.1 Å². The van der Waals surface area contributed by atoms with Gasteiger partial charge in [0.05, 0.1) is 13.2 Å². The molecule has 0 aromatic heterocycles. The summed E-state index contributed by atoms with van der Waals surface area (Å²) in [5.41, 5.74) is 0. The molecule has 0 aromatic carbocycles. The minimum Gasteiger partial charge on any atom is -0.457 e. The number of rotatable bonds is 8. The van der Waals surface area contributed by atoms with E-state index >= 15 is 0 Å². The van der Waals surface area contributed by atoms with Crippen molar-refractivity contribution >= 4 is 17.8 Å². The van der Waals surface area contributed by atoms with Gasteiger partial charge in [0.25, 0.3) is 0 Å². The molecule has 1 aliphatic rings. The molecule has 1 rings (SSSR count). The van der Waals surface area contributed by atoms with E-state index in [0.717, 1.165) is 6.92 Å². The number of alkyl halides is 3. The van der Waals surface area contributed by atoms with Gasteiger partial charge in [-0.15, -0.1) is 0 Å². The molecule has 4 N–H and O–H groups in total. The van der Waals surface area contributed by atoms with Gasteiger partial charge in [0.15, 0.2) is 12.4 Å². The first kappa shape index (κ1) is 24.1. The van der Waals surface area contributed by atoms with Gasteiger partial charge in [0.1, 0.15) is 18.2 Å². The first-order valence-electron chi connectivity index (χ1n) is 8.32. The number of ether oxygens (including phenoxy) is 3. The summed E-state index contributed by atoms with van der Waals surface area (Å²) in [6, 6.07) is -1.14. The second kappa shape index (κ2) is 10.5. The number of hydrogen-bond acceptors (Lipinski definition) is 8. The lowest BCUT2D eigenvalue weighted by atomic mass is 9.96. The van der Waals surface area contributed by atoms with E-state index in [0.29, 0.717) is 0 Å². The molecule has 13 heteroatoms. The Hall–Kier alpha value is -1.96. The zero-order chi connectivity index (χ0) is 21.5. The standard InChI is InChI=1S/C15H23F3N2O8/c1-7(22)20-10-12(27-8(2)23)11(24)9(6-21)28-13(10)26-5-3-4-19-14(25)15(16,17)18/h9-13,21,24H,3-6H2,1-2H3,(H,19,25)(H,20,22)/t9-,10-,11+,12-,13+/m1/s1. The zero-order valence-electron chi connectivity index (χ0n) is 15.2. The summed E-state index contributed by atoms with van der Waals surface area (Å²) < 4.78 is 52.0. The molecule has 0 radical (unpaired) electrons. The molecule has 0 spiro atoms. The molecule has 162 valence electrons.